The van der Waals surface area contributed by atoms with Crippen molar-refractivity contribution in [3.8, 4) is 5.75 Å². The predicted octanol–water partition coefficient (Wildman–Crippen LogP) is 2.45. The Balaban J connectivity index is 2.73. The number of carbonyl (C=O) groups is 1. The fourth-order valence-corrected chi connectivity index (χ4v) is 3.46. The van der Waals surface area contributed by atoms with Crippen LogP contribution in [-0.2, 0) is 14.8 Å². The fraction of sp³-hybridized carbons (Fsp3) is 0.588. The molecule has 136 valence electrons. The average Bonchev–Trinajstić information content (AvgIpc) is 2.46. The number of benzene rings is 1. The number of hydrogen-bond acceptors (Lipinski definition) is 4. The lowest BCUT2D eigenvalue weighted by Gasteiger charge is -2.17. The second kappa shape index (κ2) is 9.03. The highest BCUT2D eigenvalue weighted by atomic mass is 32.2. The van der Waals surface area contributed by atoms with Crippen molar-refractivity contribution in [2.45, 2.75) is 70.5 Å². The lowest BCUT2D eigenvalue weighted by atomic mass is 10.2. The molecule has 24 heavy (non-hydrogen) atoms. The summed E-state index contributed by atoms with van der Waals surface area (Å²) in [6.07, 6.45) is 1.04. The number of carbonyl (C=O) groups excluding carboxylic acids is 1. The standard InChI is InChI=1S/C17H28N2O4S/c1-6-7-13(4)19-24(21,22)16-10-8-15(9-11-16)23-14(5)17(20)18-12(2)3/h8-14,19H,6-7H2,1-5H3,(H,18,20)/t13-,14-/m0/s1. The van der Waals surface area contributed by atoms with Gasteiger partial charge in [-0.05, 0) is 58.4 Å². The molecule has 1 aromatic carbocycles. The molecule has 6 nitrogen and oxygen atoms in total. The summed E-state index contributed by atoms with van der Waals surface area (Å²) in [5.41, 5.74) is 0. The minimum Gasteiger partial charge on any atom is -0.481 e. The van der Waals surface area contributed by atoms with Gasteiger partial charge in [-0.2, -0.15) is 0 Å². The molecule has 0 bridgehead atoms. The smallest absolute Gasteiger partial charge is 0.260 e. The maximum absolute atomic E-state index is 12.3. The van der Waals surface area contributed by atoms with Crippen LogP contribution in [0.4, 0.5) is 0 Å². The van der Waals surface area contributed by atoms with Crippen LogP contribution in [0.2, 0.25) is 0 Å². The number of sulfonamides is 1. The molecule has 1 aromatic rings. The lowest BCUT2D eigenvalue weighted by molar-refractivity contribution is -0.127. The minimum atomic E-state index is -3.54. The Bertz CT molecular complexity index is 626. The number of rotatable bonds is 9. The Labute approximate surface area is 145 Å². The lowest BCUT2D eigenvalue weighted by Crippen LogP contribution is -2.40. The maximum atomic E-state index is 12.3. The molecule has 0 saturated carbocycles. The van der Waals surface area contributed by atoms with Gasteiger partial charge in [0.05, 0.1) is 4.90 Å². The van der Waals surface area contributed by atoms with Gasteiger partial charge in [0, 0.05) is 12.1 Å². The molecule has 0 unspecified atom stereocenters. The SMILES string of the molecule is CCC[C@H](C)NS(=O)(=O)c1ccc(O[C@@H](C)C(=O)NC(C)C)cc1. The first-order valence-corrected chi connectivity index (χ1v) is 9.73. The molecule has 2 atom stereocenters. The highest BCUT2D eigenvalue weighted by molar-refractivity contribution is 7.89. The molecular formula is C17H28N2O4S. The van der Waals surface area contributed by atoms with Crippen molar-refractivity contribution >= 4 is 15.9 Å². The van der Waals surface area contributed by atoms with E-state index in [1.165, 1.54) is 12.1 Å². The zero-order chi connectivity index (χ0) is 18.3. The molecular weight excluding hydrogens is 328 g/mol. The van der Waals surface area contributed by atoms with Gasteiger partial charge in [0.15, 0.2) is 6.10 Å². The second-order valence-electron chi connectivity index (χ2n) is 6.21. The van der Waals surface area contributed by atoms with Crippen LogP contribution in [0.25, 0.3) is 0 Å². The molecule has 0 aliphatic carbocycles. The first-order chi connectivity index (χ1) is 11.2. The molecule has 0 aromatic heterocycles. The minimum absolute atomic E-state index is 0.0345. The molecule has 0 radical (unpaired) electrons. The van der Waals surface area contributed by atoms with Gasteiger partial charge in [-0.15, -0.1) is 0 Å². The van der Waals surface area contributed by atoms with Crippen LogP contribution in [0.1, 0.15) is 47.5 Å². The third-order valence-electron chi connectivity index (χ3n) is 3.33. The molecule has 0 spiro atoms. The summed E-state index contributed by atoms with van der Waals surface area (Å²) in [6, 6.07) is 5.98. The van der Waals surface area contributed by atoms with Gasteiger partial charge in [0.1, 0.15) is 5.75 Å². The summed E-state index contributed by atoms with van der Waals surface area (Å²) < 4.78 is 32.7. The summed E-state index contributed by atoms with van der Waals surface area (Å²) in [5.74, 6) is 0.235. The first-order valence-electron chi connectivity index (χ1n) is 8.25. The highest BCUT2D eigenvalue weighted by Gasteiger charge is 2.18. The van der Waals surface area contributed by atoms with E-state index in [0.29, 0.717) is 5.75 Å². The van der Waals surface area contributed by atoms with Crippen molar-refractivity contribution in [3.05, 3.63) is 24.3 Å². The van der Waals surface area contributed by atoms with Crippen LogP contribution in [0.3, 0.4) is 0 Å². The van der Waals surface area contributed by atoms with E-state index in [1.807, 2.05) is 27.7 Å². The Morgan fingerprint density at radius 2 is 1.71 bits per heavy atom. The van der Waals surface area contributed by atoms with Gasteiger partial charge >= 0.3 is 0 Å². The van der Waals surface area contributed by atoms with Gasteiger partial charge in [0.2, 0.25) is 10.0 Å². The Morgan fingerprint density at radius 3 is 2.21 bits per heavy atom. The average molecular weight is 356 g/mol. The second-order valence-corrected chi connectivity index (χ2v) is 7.92. The normalized spacial score (nSPS) is 14.2. The van der Waals surface area contributed by atoms with Crippen molar-refractivity contribution in [2.75, 3.05) is 0 Å². The van der Waals surface area contributed by atoms with Gasteiger partial charge in [-0.1, -0.05) is 13.3 Å². The van der Waals surface area contributed by atoms with Crippen LogP contribution in [-0.4, -0.2) is 32.5 Å². The van der Waals surface area contributed by atoms with Crippen molar-refractivity contribution in [1.29, 1.82) is 0 Å². The number of ether oxygens (including phenoxy) is 1. The fourth-order valence-electron chi connectivity index (χ4n) is 2.18. The summed E-state index contributed by atoms with van der Waals surface area (Å²) in [4.78, 5) is 12.0. The zero-order valence-electron chi connectivity index (χ0n) is 15.0. The molecule has 0 heterocycles. The number of hydrogen-bond donors (Lipinski definition) is 2. The molecule has 0 saturated heterocycles. The van der Waals surface area contributed by atoms with Crippen LogP contribution >= 0.6 is 0 Å². The summed E-state index contributed by atoms with van der Waals surface area (Å²) in [6.45, 7) is 9.24. The van der Waals surface area contributed by atoms with E-state index in [9.17, 15) is 13.2 Å². The first kappa shape index (κ1) is 20.4. The molecule has 0 aliphatic rings. The number of amides is 1. The van der Waals surface area contributed by atoms with E-state index in [1.54, 1.807) is 19.1 Å². The summed E-state index contributed by atoms with van der Waals surface area (Å²) in [7, 11) is -3.54. The van der Waals surface area contributed by atoms with Crippen molar-refractivity contribution in [1.82, 2.24) is 10.0 Å². The molecule has 2 N–H and O–H groups in total. The van der Waals surface area contributed by atoms with E-state index in [2.05, 4.69) is 10.0 Å². The van der Waals surface area contributed by atoms with E-state index in [4.69, 9.17) is 4.74 Å². The van der Waals surface area contributed by atoms with Gasteiger partial charge in [0.25, 0.3) is 5.91 Å². The van der Waals surface area contributed by atoms with E-state index >= 15 is 0 Å². The quantitative estimate of drug-likeness (QED) is 0.712. The highest BCUT2D eigenvalue weighted by Crippen LogP contribution is 2.18. The third-order valence-corrected chi connectivity index (χ3v) is 4.93. The Hall–Kier alpha value is -1.60. The number of nitrogens with one attached hydrogen (secondary N) is 2. The van der Waals surface area contributed by atoms with Gasteiger partial charge in [-0.3, -0.25) is 4.79 Å². The van der Waals surface area contributed by atoms with E-state index in [0.717, 1.165) is 12.8 Å². The predicted molar refractivity (Wildman–Crippen MR) is 94.5 cm³/mol. The topological polar surface area (TPSA) is 84.5 Å². The molecule has 1 amide bonds. The van der Waals surface area contributed by atoms with Crippen LogP contribution in [0, 0.1) is 0 Å². The van der Waals surface area contributed by atoms with Crippen molar-refractivity contribution < 1.29 is 17.9 Å². The Morgan fingerprint density at radius 1 is 1.12 bits per heavy atom. The van der Waals surface area contributed by atoms with E-state index < -0.39 is 16.1 Å². The van der Waals surface area contributed by atoms with Crippen molar-refractivity contribution in [3.63, 3.8) is 0 Å². The Kier molecular flexibility index (Phi) is 7.69. The molecule has 7 heteroatoms. The third kappa shape index (κ3) is 6.49. The summed E-state index contributed by atoms with van der Waals surface area (Å²) in [5, 5.41) is 2.76. The monoisotopic (exact) mass is 356 g/mol. The largest absolute Gasteiger partial charge is 0.481 e. The maximum Gasteiger partial charge on any atom is 0.260 e. The van der Waals surface area contributed by atoms with Crippen LogP contribution in [0.5, 0.6) is 5.75 Å². The van der Waals surface area contributed by atoms with Gasteiger partial charge < -0.3 is 10.1 Å². The molecule has 0 aliphatic heterocycles. The summed E-state index contributed by atoms with van der Waals surface area (Å²) >= 11 is 0. The van der Waals surface area contributed by atoms with Crippen LogP contribution < -0.4 is 14.8 Å². The molecule has 0 fully saturated rings. The molecule has 1 rings (SSSR count). The van der Waals surface area contributed by atoms with Gasteiger partial charge in [-0.25, -0.2) is 13.1 Å². The van der Waals surface area contributed by atoms with Crippen LogP contribution in [0.15, 0.2) is 29.2 Å². The van der Waals surface area contributed by atoms with Crippen molar-refractivity contribution in [2.24, 2.45) is 0 Å². The zero-order valence-corrected chi connectivity index (χ0v) is 15.8. The van der Waals surface area contributed by atoms with E-state index in [-0.39, 0.29) is 22.9 Å².